The van der Waals surface area contributed by atoms with Crippen LogP contribution in [0, 0.1) is 11.8 Å². The Balaban J connectivity index is 2.00. The molecule has 0 unspecified atom stereocenters. The molecule has 25 heavy (non-hydrogen) atoms. The number of rotatable bonds is 9. The van der Waals surface area contributed by atoms with Crippen molar-refractivity contribution in [2.45, 2.75) is 52.4 Å². The third-order valence-corrected chi connectivity index (χ3v) is 5.29. The van der Waals surface area contributed by atoms with E-state index in [-0.39, 0.29) is 0 Å². The summed E-state index contributed by atoms with van der Waals surface area (Å²) in [6.07, 6.45) is 7.21. The van der Waals surface area contributed by atoms with Crippen LogP contribution in [0.1, 0.15) is 57.9 Å². The summed E-state index contributed by atoms with van der Waals surface area (Å²) in [6, 6.07) is 10.4. The molecule has 0 bridgehead atoms. The van der Waals surface area contributed by atoms with Crippen LogP contribution in [0.5, 0.6) is 0 Å². The van der Waals surface area contributed by atoms with Gasteiger partial charge in [-0.1, -0.05) is 68.8 Å². The minimum atomic E-state index is 0.460. The van der Waals surface area contributed by atoms with Gasteiger partial charge in [0.2, 0.25) is 0 Å². The van der Waals surface area contributed by atoms with Gasteiger partial charge in [0.1, 0.15) is 7.11 Å². The van der Waals surface area contributed by atoms with Crippen LogP contribution in [0.4, 0.5) is 0 Å². The highest BCUT2D eigenvalue weighted by atomic mass is 16.6. The van der Waals surface area contributed by atoms with Crippen LogP contribution < -0.4 is 0 Å². The fourth-order valence-electron chi connectivity index (χ4n) is 3.94. The number of likely N-dealkylation sites (tertiary alicyclic amines) is 1. The molecule has 0 aromatic heterocycles. The van der Waals surface area contributed by atoms with Crippen molar-refractivity contribution in [3.63, 3.8) is 0 Å². The Morgan fingerprint density at radius 1 is 1.16 bits per heavy atom. The molecule has 0 spiro atoms. The van der Waals surface area contributed by atoms with Gasteiger partial charge in [-0.3, -0.25) is 0 Å². The number of oxime groups is 1. The van der Waals surface area contributed by atoms with Crippen LogP contribution in [0.3, 0.4) is 0 Å². The monoisotopic (exact) mass is 342 g/mol. The zero-order chi connectivity index (χ0) is 18.1. The van der Waals surface area contributed by atoms with Crippen LogP contribution in [-0.4, -0.2) is 30.8 Å². The van der Waals surface area contributed by atoms with Crippen molar-refractivity contribution in [3.8, 4) is 0 Å². The summed E-state index contributed by atoms with van der Waals surface area (Å²) in [4.78, 5) is 7.66. The summed E-state index contributed by atoms with van der Waals surface area (Å²) in [7, 11) is 1.64. The minimum Gasteiger partial charge on any atom is -0.399 e. The van der Waals surface area contributed by atoms with E-state index < -0.39 is 0 Å². The molecule has 3 heteroatoms. The van der Waals surface area contributed by atoms with Crippen molar-refractivity contribution in [3.05, 3.63) is 48.2 Å². The zero-order valence-corrected chi connectivity index (χ0v) is 16.2. The van der Waals surface area contributed by atoms with E-state index >= 15 is 0 Å². The molecule has 1 heterocycles. The van der Waals surface area contributed by atoms with Gasteiger partial charge in [-0.05, 0) is 37.2 Å². The van der Waals surface area contributed by atoms with Gasteiger partial charge in [-0.15, -0.1) is 0 Å². The van der Waals surface area contributed by atoms with E-state index in [0.717, 1.165) is 31.6 Å². The molecule has 3 nitrogen and oxygen atoms in total. The highest BCUT2D eigenvalue weighted by Gasteiger charge is 2.27. The molecular formula is C22H34N2O. The molecule has 1 aliphatic rings. The molecule has 0 aliphatic carbocycles. The maximum atomic E-state index is 5.14. The van der Waals surface area contributed by atoms with E-state index in [1.54, 1.807) is 7.11 Å². The minimum absolute atomic E-state index is 0.460. The average Bonchev–Trinajstić information content (AvgIpc) is 2.66. The molecule has 0 atom stereocenters. The van der Waals surface area contributed by atoms with Crippen LogP contribution in [0.2, 0.25) is 0 Å². The number of nitrogens with zero attached hydrogens (tertiary/aromatic N) is 2. The van der Waals surface area contributed by atoms with Gasteiger partial charge in [-0.25, -0.2) is 0 Å². The molecular weight excluding hydrogens is 308 g/mol. The van der Waals surface area contributed by atoms with E-state index in [1.807, 2.05) is 6.07 Å². The van der Waals surface area contributed by atoms with E-state index in [1.165, 1.54) is 36.9 Å². The van der Waals surface area contributed by atoms with Crippen LogP contribution in [-0.2, 0) is 4.84 Å². The quantitative estimate of drug-likeness (QED) is 0.438. The Morgan fingerprint density at radius 2 is 1.76 bits per heavy atom. The second-order valence-electron chi connectivity index (χ2n) is 7.05. The lowest BCUT2D eigenvalue weighted by molar-refractivity contribution is 0.201. The molecule has 0 radical (unpaired) electrons. The first-order valence-electron chi connectivity index (χ1n) is 9.81. The fourth-order valence-corrected chi connectivity index (χ4v) is 3.94. The summed E-state index contributed by atoms with van der Waals surface area (Å²) in [5.74, 6) is 1.11. The Kier molecular flexibility index (Phi) is 8.03. The summed E-state index contributed by atoms with van der Waals surface area (Å²) in [5.41, 5.74) is 3.62. The predicted octanol–water partition coefficient (Wildman–Crippen LogP) is 5.48. The first-order valence-corrected chi connectivity index (χ1v) is 9.81. The molecule has 2 rings (SSSR count). The molecule has 1 aliphatic heterocycles. The summed E-state index contributed by atoms with van der Waals surface area (Å²) in [6.45, 7) is 11.1. The Hall–Kier alpha value is -1.77. The average molecular weight is 343 g/mol. The lowest BCUT2D eigenvalue weighted by atomic mass is 9.86. The van der Waals surface area contributed by atoms with Crippen molar-refractivity contribution in [2.24, 2.45) is 17.0 Å². The second-order valence-corrected chi connectivity index (χ2v) is 7.05. The molecule has 1 aromatic carbocycles. The predicted molar refractivity (Wildman–Crippen MR) is 107 cm³/mol. The Bertz CT molecular complexity index is 538. The SMILES string of the molecule is C=C(C(CCC)CCC)N1CCC(C(=NOC)c2ccccc2)CC1. The molecule has 0 N–H and O–H groups in total. The Labute approximate surface area is 153 Å². The van der Waals surface area contributed by atoms with Crippen molar-refractivity contribution < 1.29 is 4.84 Å². The maximum absolute atomic E-state index is 5.14. The number of allylic oxidation sites excluding steroid dienone is 1. The smallest absolute Gasteiger partial charge is 0.106 e. The van der Waals surface area contributed by atoms with Gasteiger partial charge in [0, 0.05) is 24.7 Å². The molecule has 1 aromatic rings. The van der Waals surface area contributed by atoms with Crippen LogP contribution in [0.15, 0.2) is 47.8 Å². The van der Waals surface area contributed by atoms with Crippen molar-refractivity contribution in [2.75, 3.05) is 20.2 Å². The van der Waals surface area contributed by atoms with E-state index in [2.05, 4.69) is 54.7 Å². The highest BCUT2D eigenvalue weighted by molar-refractivity contribution is 6.02. The molecule has 0 saturated carbocycles. The third-order valence-electron chi connectivity index (χ3n) is 5.29. The van der Waals surface area contributed by atoms with E-state index in [4.69, 9.17) is 4.84 Å². The summed E-state index contributed by atoms with van der Waals surface area (Å²) in [5, 5.41) is 4.36. The van der Waals surface area contributed by atoms with Gasteiger partial charge in [0.25, 0.3) is 0 Å². The Morgan fingerprint density at radius 3 is 2.28 bits per heavy atom. The summed E-state index contributed by atoms with van der Waals surface area (Å²) >= 11 is 0. The van der Waals surface area contributed by atoms with Crippen LogP contribution in [0.25, 0.3) is 0 Å². The van der Waals surface area contributed by atoms with Gasteiger partial charge < -0.3 is 9.74 Å². The number of piperidine rings is 1. The maximum Gasteiger partial charge on any atom is 0.106 e. The molecule has 1 fully saturated rings. The van der Waals surface area contributed by atoms with Gasteiger partial charge in [0.05, 0.1) is 5.71 Å². The number of hydrogen-bond acceptors (Lipinski definition) is 3. The molecule has 138 valence electrons. The van der Waals surface area contributed by atoms with E-state index in [0.29, 0.717) is 11.8 Å². The topological polar surface area (TPSA) is 24.8 Å². The third kappa shape index (κ3) is 5.35. The largest absolute Gasteiger partial charge is 0.399 e. The van der Waals surface area contributed by atoms with Crippen LogP contribution >= 0.6 is 0 Å². The molecule has 1 saturated heterocycles. The number of hydrogen-bond donors (Lipinski definition) is 0. The first-order chi connectivity index (χ1) is 12.2. The van der Waals surface area contributed by atoms with Gasteiger partial charge in [-0.2, -0.15) is 0 Å². The first kappa shape index (κ1) is 19.6. The van der Waals surface area contributed by atoms with Crippen molar-refractivity contribution >= 4 is 5.71 Å². The lowest BCUT2D eigenvalue weighted by Crippen LogP contribution is -2.37. The summed E-state index contributed by atoms with van der Waals surface area (Å²) < 4.78 is 0. The fraction of sp³-hybridized carbons (Fsp3) is 0.591. The standard InChI is InChI=1S/C22H34N2O/c1-5-10-19(11-6-2)18(3)24-16-14-21(15-17-24)22(23-25-4)20-12-8-7-9-13-20/h7-9,12-13,19,21H,3,5-6,10-11,14-17H2,1-2,4H3. The van der Waals surface area contributed by atoms with Crippen molar-refractivity contribution in [1.82, 2.24) is 4.90 Å². The number of benzene rings is 1. The highest BCUT2D eigenvalue weighted by Crippen LogP contribution is 2.30. The normalized spacial score (nSPS) is 16.3. The molecule has 0 amide bonds. The zero-order valence-electron chi connectivity index (χ0n) is 16.2. The second kappa shape index (κ2) is 10.3. The van der Waals surface area contributed by atoms with Gasteiger partial charge in [0.15, 0.2) is 0 Å². The van der Waals surface area contributed by atoms with E-state index in [9.17, 15) is 0 Å². The lowest BCUT2D eigenvalue weighted by Gasteiger charge is -2.38. The van der Waals surface area contributed by atoms with Crippen molar-refractivity contribution in [1.29, 1.82) is 0 Å². The van der Waals surface area contributed by atoms with Gasteiger partial charge >= 0.3 is 0 Å².